The number of ether oxygens (including phenoxy) is 1. The van der Waals surface area contributed by atoms with Gasteiger partial charge in [0.25, 0.3) is 0 Å². The van der Waals surface area contributed by atoms with E-state index < -0.39 is 0 Å². The highest BCUT2D eigenvalue weighted by Crippen LogP contribution is 2.05. The van der Waals surface area contributed by atoms with Gasteiger partial charge in [0.15, 0.2) is 0 Å². The van der Waals surface area contributed by atoms with Gasteiger partial charge < -0.3 is 14.9 Å². The molecule has 0 aliphatic carbocycles. The Morgan fingerprint density at radius 1 is 1.47 bits per heavy atom. The number of furan rings is 1. The van der Waals surface area contributed by atoms with Gasteiger partial charge in [0.05, 0.1) is 12.8 Å². The summed E-state index contributed by atoms with van der Waals surface area (Å²) in [4.78, 5) is 2.28. The first-order chi connectivity index (χ1) is 7.36. The zero-order valence-electron chi connectivity index (χ0n) is 9.32. The van der Waals surface area contributed by atoms with Crippen molar-refractivity contribution >= 4 is 0 Å². The van der Waals surface area contributed by atoms with E-state index in [1.807, 2.05) is 12.1 Å². The molecule has 1 heterocycles. The van der Waals surface area contributed by atoms with Crippen molar-refractivity contribution in [2.45, 2.75) is 13.0 Å². The molecule has 0 saturated carbocycles. The second-order valence-electron chi connectivity index (χ2n) is 3.49. The first-order valence-corrected chi connectivity index (χ1v) is 5.30. The zero-order valence-corrected chi connectivity index (χ0v) is 9.32. The standard InChI is InChI=1S/C11H20N2O2/c1-14-8-3-6-13(7-5-12)10-11-4-2-9-15-11/h2,4,9H,3,5-8,10,12H2,1H3. The summed E-state index contributed by atoms with van der Waals surface area (Å²) in [5, 5.41) is 0. The van der Waals surface area contributed by atoms with Crippen molar-refractivity contribution in [1.82, 2.24) is 4.90 Å². The van der Waals surface area contributed by atoms with E-state index in [2.05, 4.69) is 4.90 Å². The Morgan fingerprint density at radius 2 is 2.33 bits per heavy atom. The molecule has 1 rings (SSSR count). The number of methoxy groups -OCH3 is 1. The Morgan fingerprint density at radius 3 is 2.93 bits per heavy atom. The van der Waals surface area contributed by atoms with Crippen LogP contribution in [-0.2, 0) is 11.3 Å². The smallest absolute Gasteiger partial charge is 0.117 e. The first-order valence-electron chi connectivity index (χ1n) is 5.30. The Labute approximate surface area is 91.0 Å². The molecule has 0 aliphatic heterocycles. The molecule has 1 aromatic rings. The SMILES string of the molecule is COCCCN(CCN)Cc1ccco1. The van der Waals surface area contributed by atoms with Crippen LogP contribution in [0.3, 0.4) is 0 Å². The summed E-state index contributed by atoms with van der Waals surface area (Å²) in [7, 11) is 1.72. The van der Waals surface area contributed by atoms with Crippen LogP contribution in [0.15, 0.2) is 22.8 Å². The van der Waals surface area contributed by atoms with E-state index in [1.54, 1.807) is 13.4 Å². The largest absolute Gasteiger partial charge is 0.468 e. The van der Waals surface area contributed by atoms with Gasteiger partial charge >= 0.3 is 0 Å². The lowest BCUT2D eigenvalue weighted by Crippen LogP contribution is -2.30. The molecule has 0 aliphatic rings. The van der Waals surface area contributed by atoms with E-state index in [0.717, 1.165) is 38.4 Å². The van der Waals surface area contributed by atoms with E-state index in [4.69, 9.17) is 14.9 Å². The minimum absolute atomic E-state index is 0.674. The van der Waals surface area contributed by atoms with Crippen molar-refractivity contribution in [2.24, 2.45) is 5.73 Å². The second kappa shape index (κ2) is 7.45. The van der Waals surface area contributed by atoms with Crippen molar-refractivity contribution in [3.63, 3.8) is 0 Å². The summed E-state index contributed by atoms with van der Waals surface area (Å²) in [5.41, 5.74) is 5.56. The fraction of sp³-hybridized carbons (Fsp3) is 0.636. The van der Waals surface area contributed by atoms with Crippen LogP contribution in [-0.4, -0.2) is 38.3 Å². The molecule has 2 N–H and O–H groups in total. The lowest BCUT2D eigenvalue weighted by molar-refractivity contribution is 0.167. The van der Waals surface area contributed by atoms with Gasteiger partial charge in [-0.2, -0.15) is 0 Å². The second-order valence-corrected chi connectivity index (χ2v) is 3.49. The molecular weight excluding hydrogens is 192 g/mol. The summed E-state index contributed by atoms with van der Waals surface area (Å²) in [6.07, 6.45) is 2.72. The fourth-order valence-electron chi connectivity index (χ4n) is 1.51. The summed E-state index contributed by atoms with van der Waals surface area (Å²) in [5.74, 6) is 0.987. The fourth-order valence-corrected chi connectivity index (χ4v) is 1.51. The van der Waals surface area contributed by atoms with E-state index >= 15 is 0 Å². The molecule has 15 heavy (non-hydrogen) atoms. The Kier molecular flexibility index (Phi) is 6.08. The summed E-state index contributed by atoms with van der Waals surface area (Å²) >= 11 is 0. The summed E-state index contributed by atoms with van der Waals surface area (Å²) in [6, 6.07) is 3.89. The number of hydrogen-bond donors (Lipinski definition) is 1. The van der Waals surface area contributed by atoms with E-state index in [-0.39, 0.29) is 0 Å². The maximum atomic E-state index is 5.56. The van der Waals surface area contributed by atoms with Gasteiger partial charge in [0.2, 0.25) is 0 Å². The molecule has 0 aromatic carbocycles. The first kappa shape index (κ1) is 12.2. The highest BCUT2D eigenvalue weighted by Gasteiger charge is 2.06. The van der Waals surface area contributed by atoms with E-state index in [9.17, 15) is 0 Å². The lowest BCUT2D eigenvalue weighted by atomic mass is 10.3. The third-order valence-electron chi connectivity index (χ3n) is 2.23. The average Bonchev–Trinajstić information content (AvgIpc) is 2.71. The quantitative estimate of drug-likeness (QED) is 0.655. The lowest BCUT2D eigenvalue weighted by Gasteiger charge is -2.19. The normalized spacial score (nSPS) is 11.1. The predicted molar refractivity (Wildman–Crippen MR) is 59.5 cm³/mol. The minimum Gasteiger partial charge on any atom is -0.468 e. The number of nitrogens with two attached hydrogens (primary N) is 1. The van der Waals surface area contributed by atoms with Crippen LogP contribution in [0.1, 0.15) is 12.2 Å². The third-order valence-corrected chi connectivity index (χ3v) is 2.23. The van der Waals surface area contributed by atoms with Crippen LogP contribution in [0.25, 0.3) is 0 Å². The van der Waals surface area contributed by atoms with Gasteiger partial charge in [0.1, 0.15) is 5.76 Å². The van der Waals surface area contributed by atoms with Crippen LogP contribution >= 0.6 is 0 Å². The van der Waals surface area contributed by atoms with Gasteiger partial charge in [-0.15, -0.1) is 0 Å². The van der Waals surface area contributed by atoms with Gasteiger partial charge in [-0.25, -0.2) is 0 Å². The Bertz CT molecular complexity index is 237. The van der Waals surface area contributed by atoms with Crippen LogP contribution < -0.4 is 5.73 Å². The van der Waals surface area contributed by atoms with Gasteiger partial charge in [-0.3, -0.25) is 4.90 Å². The summed E-state index contributed by atoms with van der Waals surface area (Å²) < 4.78 is 10.3. The highest BCUT2D eigenvalue weighted by atomic mass is 16.5. The molecule has 0 radical (unpaired) electrons. The third kappa shape index (κ3) is 4.97. The van der Waals surface area contributed by atoms with Gasteiger partial charge in [-0.05, 0) is 18.6 Å². The maximum absolute atomic E-state index is 5.56. The van der Waals surface area contributed by atoms with E-state index in [1.165, 1.54) is 0 Å². The molecule has 0 saturated heterocycles. The predicted octanol–water partition coefficient (Wildman–Crippen LogP) is 1.08. The van der Waals surface area contributed by atoms with Gasteiger partial charge in [-0.1, -0.05) is 0 Å². The molecule has 0 atom stereocenters. The van der Waals surface area contributed by atoms with Crippen molar-refractivity contribution in [3.8, 4) is 0 Å². The number of hydrogen-bond acceptors (Lipinski definition) is 4. The summed E-state index contributed by atoms with van der Waals surface area (Å²) in [6.45, 7) is 4.18. The van der Waals surface area contributed by atoms with E-state index in [0.29, 0.717) is 6.54 Å². The van der Waals surface area contributed by atoms with Crippen molar-refractivity contribution in [2.75, 3.05) is 33.4 Å². The molecule has 4 heteroatoms. The Balaban J connectivity index is 2.29. The van der Waals surface area contributed by atoms with Gasteiger partial charge in [0, 0.05) is 33.4 Å². The molecule has 86 valence electrons. The zero-order chi connectivity index (χ0) is 10.9. The molecule has 1 aromatic heterocycles. The topological polar surface area (TPSA) is 51.6 Å². The van der Waals surface area contributed by atoms with Crippen LogP contribution in [0.2, 0.25) is 0 Å². The number of rotatable bonds is 8. The number of nitrogens with zero attached hydrogens (tertiary/aromatic N) is 1. The molecule has 0 bridgehead atoms. The molecule has 4 nitrogen and oxygen atoms in total. The molecule has 0 spiro atoms. The highest BCUT2D eigenvalue weighted by molar-refractivity contribution is 4.97. The van der Waals surface area contributed by atoms with Crippen molar-refractivity contribution in [1.29, 1.82) is 0 Å². The molecule has 0 unspecified atom stereocenters. The Hall–Kier alpha value is -0.840. The van der Waals surface area contributed by atoms with Crippen LogP contribution in [0.5, 0.6) is 0 Å². The van der Waals surface area contributed by atoms with Crippen molar-refractivity contribution in [3.05, 3.63) is 24.2 Å². The monoisotopic (exact) mass is 212 g/mol. The van der Waals surface area contributed by atoms with Crippen molar-refractivity contribution < 1.29 is 9.15 Å². The minimum atomic E-state index is 0.674. The molecule has 0 fully saturated rings. The molecular formula is C11H20N2O2. The van der Waals surface area contributed by atoms with Crippen LogP contribution in [0.4, 0.5) is 0 Å². The van der Waals surface area contributed by atoms with Crippen LogP contribution in [0, 0.1) is 0 Å². The average molecular weight is 212 g/mol. The molecule has 0 amide bonds. The maximum Gasteiger partial charge on any atom is 0.117 e.